The number of rotatable bonds is 7. The summed E-state index contributed by atoms with van der Waals surface area (Å²) in [5.41, 5.74) is 3.09. The largest absolute Gasteiger partial charge is 0.369 e. The fraction of sp³-hybridized carbons (Fsp3) is 0.304. The van der Waals surface area contributed by atoms with E-state index in [9.17, 15) is 9.59 Å². The number of ketones is 2. The zero-order valence-electron chi connectivity index (χ0n) is 16.5. The molecule has 0 spiro atoms. The normalized spacial score (nSPS) is 15.6. The summed E-state index contributed by atoms with van der Waals surface area (Å²) in [5, 5.41) is 0. The molecule has 5 heteroatoms. The highest BCUT2D eigenvalue weighted by Gasteiger charge is 2.13. The smallest absolute Gasteiger partial charge is 0.163 e. The number of nitrogens with zero attached hydrogens (tertiary/aromatic N) is 3. The van der Waals surface area contributed by atoms with E-state index < -0.39 is 0 Å². The number of benzene rings is 1. The van der Waals surface area contributed by atoms with Gasteiger partial charge in [0.25, 0.3) is 0 Å². The van der Waals surface area contributed by atoms with E-state index in [1.807, 2.05) is 42.1 Å². The maximum absolute atomic E-state index is 12.0. The highest BCUT2D eigenvalue weighted by Crippen LogP contribution is 2.17. The Morgan fingerprint density at radius 3 is 2.14 bits per heavy atom. The fourth-order valence-electron chi connectivity index (χ4n) is 3.17. The first-order valence-electron chi connectivity index (χ1n) is 9.58. The van der Waals surface area contributed by atoms with E-state index in [1.165, 1.54) is 17.8 Å². The minimum atomic E-state index is -0.193. The first-order chi connectivity index (χ1) is 13.5. The zero-order chi connectivity index (χ0) is 19.9. The van der Waals surface area contributed by atoms with Crippen LogP contribution in [0.4, 0.5) is 5.69 Å². The lowest BCUT2D eigenvalue weighted by molar-refractivity contribution is -0.121. The molecule has 1 aromatic carbocycles. The predicted molar refractivity (Wildman–Crippen MR) is 114 cm³/mol. The van der Waals surface area contributed by atoms with Crippen molar-refractivity contribution >= 4 is 29.4 Å². The summed E-state index contributed by atoms with van der Waals surface area (Å²) in [6, 6.07) is 12.0. The van der Waals surface area contributed by atoms with Crippen molar-refractivity contribution in [2.24, 2.45) is 7.05 Å². The molecule has 0 radical (unpaired) electrons. The number of hydrogen-bond acceptors (Lipinski definition) is 4. The molecular formula is C23H27N3O2. The summed E-state index contributed by atoms with van der Waals surface area (Å²) in [7, 11) is 4.05. The molecule has 0 amide bonds. The molecule has 1 aliphatic heterocycles. The van der Waals surface area contributed by atoms with Crippen LogP contribution in [0.2, 0.25) is 0 Å². The van der Waals surface area contributed by atoms with Gasteiger partial charge >= 0.3 is 0 Å². The van der Waals surface area contributed by atoms with Gasteiger partial charge in [0, 0.05) is 50.8 Å². The van der Waals surface area contributed by atoms with Crippen LogP contribution in [-0.4, -0.2) is 54.3 Å². The van der Waals surface area contributed by atoms with Crippen LogP contribution in [-0.2, 0) is 16.6 Å². The number of anilines is 1. The molecule has 0 atom stereocenters. The first kappa shape index (κ1) is 19.8. The van der Waals surface area contributed by atoms with Gasteiger partial charge in [0.1, 0.15) is 0 Å². The molecule has 0 saturated carbocycles. The zero-order valence-corrected chi connectivity index (χ0v) is 16.5. The number of piperazine rings is 1. The highest BCUT2D eigenvalue weighted by atomic mass is 16.1. The molecule has 1 fully saturated rings. The minimum Gasteiger partial charge on any atom is -0.369 e. The standard InChI is InChI=1S/C23H27N3O2/c1-24-14-16-26(17-15-24)21-8-5-19(6-9-21)7-11-22(27)18-23(28)12-10-20-4-3-13-25(20)2/h3-13H,14-18H2,1-2H3. The number of likely N-dealkylation sites (N-methyl/N-ethyl adjacent to an activating group) is 1. The van der Waals surface area contributed by atoms with Gasteiger partial charge in [-0.05, 0) is 55.1 Å². The third kappa shape index (κ3) is 5.54. The van der Waals surface area contributed by atoms with Crippen molar-refractivity contribution in [2.45, 2.75) is 6.42 Å². The number of carbonyl (C=O) groups is 2. The molecule has 5 nitrogen and oxygen atoms in total. The lowest BCUT2D eigenvalue weighted by Crippen LogP contribution is -2.44. The second-order valence-corrected chi connectivity index (χ2v) is 7.20. The van der Waals surface area contributed by atoms with Crippen molar-refractivity contribution < 1.29 is 9.59 Å². The molecule has 0 bridgehead atoms. The number of aryl methyl sites for hydroxylation is 1. The van der Waals surface area contributed by atoms with Gasteiger partial charge in [-0.1, -0.05) is 18.2 Å². The Bertz CT molecular complexity index is 870. The molecule has 2 heterocycles. The van der Waals surface area contributed by atoms with Crippen LogP contribution >= 0.6 is 0 Å². The van der Waals surface area contributed by atoms with E-state index in [-0.39, 0.29) is 18.0 Å². The summed E-state index contributed by atoms with van der Waals surface area (Å²) in [4.78, 5) is 28.7. The Labute approximate surface area is 166 Å². The van der Waals surface area contributed by atoms with E-state index in [0.717, 1.165) is 37.4 Å². The van der Waals surface area contributed by atoms with Gasteiger partial charge in [-0.15, -0.1) is 0 Å². The van der Waals surface area contributed by atoms with Gasteiger partial charge in [0.05, 0.1) is 6.42 Å². The monoisotopic (exact) mass is 377 g/mol. The van der Waals surface area contributed by atoms with E-state index in [1.54, 1.807) is 12.2 Å². The second-order valence-electron chi connectivity index (χ2n) is 7.20. The molecule has 2 aromatic rings. The van der Waals surface area contributed by atoms with Crippen molar-refractivity contribution in [3.05, 3.63) is 66.0 Å². The summed E-state index contributed by atoms with van der Waals surface area (Å²) >= 11 is 0. The Hall–Kier alpha value is -2.92. The topological polar surface area (TPSA) is 45.6 Å². The summed E-state index contributed by atoms with van der Waals surface area (Å²) in [5.74, 6) is -0.383. The molecule has 0 aliphatic carbocycles. The maximum Gasteiger partial charge on any atom is 0.163 e. The van der Waals surface area contributed by atoms with Crippen molar-refractivity contribution in [1.82, 2.24) is 9.47 Å². The van der Waals surface area contributed by atoms with E-state index in [4.69, 9.17) is 0 Å². The van der Waals surface area contributed by atoms with Crippen molar-refractivity contribution in [1.29, 1.82) is 0 Å². The van der Waals surface area contributed by atoms with Crippen LogP contribution in [0.3, 0.4) is 0 Å². The van der Waals surface area contributed by atoms with Gasteiger partial charge in [-0.3, -0.25) is 9.59 Å². The Morgan fingerprint density at radius 2 is 1.54 bits per heavy atom. The summed E-state index contributed by atoms with van der Waals surface area (Å²) < 4.78 is 1.91. The van der Waals surface area contributed by atoms with Gasteiger partial charge in [0.15, 0.2) is 11.6 Å². The van der Waals surface area contributed by atoms with Crippen LogP contribution in [0.1, 0.15) is 17.7 Å². The van der Waals surface area contributed by atoms with Crippen molar-refractivity contribution in [2.75, 3.05) is 38.1 Å². The average Bonchev–Trinajstić information content (AvgIpc) is 3.11. The fourth-order valence-corrected chi connectivity index (χ4v) is 3.17. The Balaban J connectivity index is 1.50. The molecule has 28 heavy (non-hydrogen) atoms. The molecule has 0 N–H and O–H groups in total. The summed E-state index contributed by atoms with van der Waals surface area (Å²) in [6.07, 6.45) is 8.25. The molecule has 1 aliphatic rings. The van der Waals surface area contributed by atoms with E-state index in [0.29, 0.717) is 0 Å². The first-order valence-corrected chi connectivity index (χ1v) is 9.58. The van der Waals surface area contributed by atoms with Gasteiger partial charge in [0.2, 0.25) is 0 Å². The third-order valence-electron chi connectivity index (χ3n) is 5.00. The number of carbonyl (C=O) groups excluding carboxylic acids is 2. The molecule has 1 aromatic heterocycles. The predicted octanol–water partition coefficient (Wildman–Crippen LogP) is 3.03. The molecule has 3 rings (SSSR count). The molecule has 146 valence electrons. The van der Waals surface area contributed by atoms with Crippen molar-refractivity contribution in [3.8, 4) is 0 Å². The van der Waals surface area contributed by atoms with E-state index in [2.05, 4.69) is 29.0 Å². The molecule has 0 unspecified atom stereocenters. The van der Waals surface area contributed by atoms with Gasteiger partial charge in [-0.25, -0.2) is 0 Å². The SMILES string of the molecule is CN1CCN(c2ccc(C=CC(=O)CC(=O)C=Cc3cccn3C)cc2)CC1. The van der Waals surface area contributed by atoms with Gasteiger partial charge < -0.3 is 14.4 Å². The van der Waals surface area contributed by atoms with Crippen LogP contribution in [0.15, 0.2) is 54.7 Å². The Kier molecular flexibility index (Phi) is 6.61. The quantitative estimate of drug-likeness (QED) is 0.550. The van der Waals surface area contributed by atoms with Crippen LogP contribution in [0, 0.1) is 0 Å². The van der Waals surface area contributed by atoms with Crippen LogP contribution in [0.25, 0.3) is 12.2 Å². The number of aromatic nitrogens is 1. The van der Waals surface area contributed by atoms with Crippen LogP contribution in [0.5, 0.6) is 0 Å². The van der Waals surface area contributed by atoms with Gasteiger partial charge in [-0.2, -0.15) is 0 Å². The highest BCUT2D eigenvalue weighted by molar-refractivity contribution is 6.10. The number of hydrogen-bond donors (Lipinski definition) is 0. The number of allylic oxidation sites excluding steroid dienone is 2. The van der Waals surface area contributed by atoms with Crippen LogP contribution < -0.4 is 4.90 Å². The maximum atomic E-state index is 12.0. The lowest BCUT2D eigenvalue weighted by atomic mass is 10.1. The van der Waals surface area contributed by atoms with Crippen molar-refractivity contribution in [3.63, 3.8) is 0 Å². The van der Waals surface area contributed by atoms with E-state index >= 15 is 0 Å². The minimum absolute atomic E-state index is 0.114. The Morgan fingerprint density at radius 1 is 0.893 bits per heavy atom. The molecular weight excluding hydrogens is 350 g/mol. The average molecular weight is 377 g/mol. The third-order valence-corrected chi connectivity index (χ3v) is 5.00. The second kappa shape index (κ2) is 9.33. The molecule has 1 saturated heterocycles. The lowest BCUT2D eigenvalue weighted by Gasteiger charge is -2.34. The summed E-state index contributed by atoms with van der Waals surface area (Å²) in [6.45, 7) is 4.20.